The van der Waals surface area contributed by atoms with Gasteiger partial charge in [-0.05, 0) is 37.1 Å². The zero-order valence-corrected chi connectivity index (χ0v) is 11.9. The van der Waals surface area contributed by atoms with Gasteiger partial charge in [-0.2, -0.15) is 0 Å². The fourth-order valence-electron chi connectivity index (χ4n) is 2.47. The molecule has 1 saturated heterocycles. The number of amidine groups is 1. The van der Waals surface area contributed by atoms with E-state index >= 15 is 0 Å². The average Bonchev–Trinajstić information content (AvgIpc) is 2.38. The van der Waals surface area contributed by atoms with Crippen LogP contribution in [0, 0.1) is 11.3 Å². The molecule has 1 aromatic carbocycles. The molecule has 4 heteroatoms. The molecule has 0 atom stereocenters. The van der Waals surface area contributed by atoms with Crippen molar-refractivity contribution in [1.82, 2.24) is 0 Å². The van der Waals surface area contributed by atoms with Gasteiger partial charge < -0.3 is 10.6 Å². The minimum Gasteiger partial charge on any atom is -0.384 e. The second-order valence-electron chi connectivity index (χ2n) is 4.94. The van der Waals surface area contributed by atoms with Crippen LogP contribution in [0.4, 0.5) is 5.69 Å². The summed E-state index contributed by atoms with van der Waals surface area (Å²) in [7, 11) is 0. The lowest BCUT2D eigenvalue weighted by molar-refractivity contribution is 0.438. The summed E-state index contributed by atoms with van der Waals surface area (Å²) in [5.74, 6) is 0.985. The quantitative estimate of drug-likeness (QED) is 0.501. The van der Waals surface area contributed by atoms with E-state index in [0.29, 0.717) is 0 Å². The fourth-order valence-corrected chi connectivity index (χ4v) is 3.11. The van der Waals surface area contributed by atoms with Crippen molar-refractivity contribution in [1.29, 1.82) is 5.41 Å². The summed E-state index contributed by atoms with van der Waals surface area (Å²) in [5.41, 5.74) is 7.80. The fraction of sp³-hybridized carbons (Fsp3) is 0.500. The van der Waals surface area contributed by atoms with Crippen LogP contribution < -0.4 is 10.6 Å². The predicted molar refractivity (Wildman–Crippen MR) is 79.9 cm³/mol. The van der Waals surface area contributed by atoms with Gasteiger partial charge in [0.2, 0.25) is 0 Å². The van der Waals surface area contributed by atoms with Gasteiger partial charge in [-0.25, -0.2) is 0 Å². The first-order valence-corrected chi connectivity index (χ1v) is 7.62. The maximum Gasteiger partial charge on any atom is 0.126 e. The number of nitrogens with one attached hydrogen (secondary N) is 1. The van der Waals surface area contributed by atoms with Crippen LogP contribution in [0.5, 0.6) is 0 Å². The lowest BCUT2D eigenvalue weighted by Crippen LogP contribution is -2.34. The highest BCUT2D eigenvalue weighted by Gasteiger charge is 2.20. The van der Waals surface area contributed by atoms with Crippen molar-refractivity contribution < 1.29 is 0 Å². The van der Waals surface area contributed by atoms with Gasteiger partial charge >= 0.3 is 0 Å². The molecule has 98 valence electrons. The van der Waals surface area contributed by atoms with Crippen molar-refractivity contribution in [2.24, 2.45) is 11.7 Å². The molecule has 1 aliphatic heterocycles. The number of nitrogen functional groups attached to an aromatic ring is 1. The summed E-state index contributed by atoms with van der Waals surface area (Å²) in [5, 5.41) is 7.82. The minimum atomic E-state index is 0.175. The number of anilines is 1. The largest absolute Gasteiger partial charge is 0.384 e. The molecule has 3 N–H and O–H groups in total. The maximum atomic E-state index is 7.82. The van der Waals surface area contributed by atoms with Gasteiger partial charge in [-0.1, -0.05) is 13.0 Å². The second kappa shape index (κ2) is 5.65. The summed E-state index contributed by atoms with van der Waals surface area (Å²) in [6, 6.07) is 6.19. The van der Waals surface area contributed by atoms with Crippen LogP contribution in [0.2, 0.25) is 0 Å². The van der Waals surface area contributed by atoms with Crippen LogP contribution >= 0.6 is 11.8 Å². The maximum absolute atomic E-state index is 7.82. The Balaban J connectivity index is 2.35. The van der Waals surface area contributed by atoms with E-state index in [0.717, 1.165) is 35.2 Å². The van der Waals surface area contributed by atoms with Gasteiger partial charge in [-0.15, -0.1) is 11.8 Å². The topological polar surface area (TPSA) is 53.1 Å². The van der Waals surface area contributed by atoms with Crippen molar-refractivity contribution in [3.05, 3.63) is 23.8 Å². The summed E-state index contributed by atoms with van der Waals surface area (Å²) in [6.07, 6.45) is 4.48. The van der Waals surface area contributed by atoms with Crippen molar-refractivity contribution >= 4 is 23.3 Å². The smallest absolute Gasteiger partial charge is 0.126 e. The number of hydrogen-bond donors (Lipinski definition) is 2. The summed E-state index contributed by atoms with van der Waals surface area (Å²) in [4.78, 5) is 3.47. The second-order valence-corrected chi connectivity index (χ2v) is 5.79. The Morgan fingerprint density at radius 3 is 2.61 bits per heavy atom. The Bertz CT molecular complexity index is 437. The summed E-state index contributed by atoms with van der Waals surface area (Å²) < 4.78 is 0. The van der Waals surface area contributed by atoms with Crippen molar-refractivity contribution in [3.8, 4) is 0 Å². The highest BCUT2D eigenvalue weighted by molar-refractivity contribution is 7.98. The zero-order valence-electron chi connectivity index (χ0n) is 11.1. The van der Waals surface area contributed by atoms with E-state index in [1.165, 1.54) is 12.8 Å². The van der Waals surface area contributed by atoms with Gasteiger partial charge in [0, 0.05) is 23.7 Å². The highest BCUT2D eigenvalue weighted by atomic mass is 32.2. The van der Waals surface area contributed by atoms with E-state index in [1.54, 1.807) is 11.8 Å². The zero-order chi connectivity index (χ0) is 13.1. The van der Waals surface area contributed by atoms with Gasteiger partial charge in [-0.3, -0.25) is 5.41 Å². The third-order valence-corrected chi connectivity index (χ3v) is 4.40. The Hall–Kier alpha value is -1.16. The normalized spacial score (nSPS) is 16.9. The van der Waals surface area contributed by atoms with E-state index < -0.39 is 0 Å². The van der Waals surface area contributed by atoms with Gasteiger partial charge in [0.05, 0.1) is 5.56 Å². The molecule has 1 aliphatic rings. The van der Waals surface area contributed by atoms with E-state index in [1.807, 2.05) is 12.3 Å². The first-order valence-electron chi connectivity index (χ1n) is 6.39. The third kappa shape index (κ3) is 2.64. The molecule has 0 unspecified atom stereocenters. The highest BCUT2D eigenvalue weighted by Crippen LogP contribution is 2.31. The standard InChI is InChI=1S/C14H21N3S/c1-10-6-8-17(9-7-10)11-4-3-5-12(18-2)13(11)14(15)16/h3-5,10H,6-9H2,1-2H3,(H3,15,16). The number of benzene rings is 1. The van der Waals surface area contributed by atoms with E-state index in [2.05, 4.69) is 24.0 Å². The van der Waals surface area contributed by atoms with Crippen LogP contribution in [0.1, 0.15) is 25.3 Å². The number of nitrogens with zero attached hydrogens (tertiary/aromatic N) is 1. The van der Waals surface area contributed by atoms with Gasteiger partial charge in [0.15, 0.2) is 0 Å². The van der Waals surface area contributed by atoms with E-state index in [9.17, 15) is 0 Å². The molecule has 0 bridgehead atoms. The molecular formula is C14H21N3S. The van der Waals surface area contributed by atoms with Crippen molar-refractivity contribution in [3.63, 3.8) is 0 Å². The van der Waals surface area contributed by atoms with E-state index in [-0.39, 0.29) is 5.84 Å². The number of nitrogens with two attached hydrogens (primary N) is 1. The van der Waals surface area contributed by atoms with Gasteiger partial charge in [0.1, 0.15) is 5.84 Å². The lowest BCUT2D eigenvalue weighted by Gasteiger charge is -2.33. The number of hydrogen-bond acceptors (Lipinski definition) is 3. The molecule has 1 heterocycles. The molecule has 3 nitrogen and oxygen atoms in total. The SMILES string of the molecule is CSc1cccc(N2CCC(C)CC2)c1C(=N)N. The van der Waals surface area contributed by atoms with Crippen molar-refractivity contribution in [2.75, 3.05) is 24.2 Å². The van der Waals surface area contributed by atoms with Crippen molar-refractivity contribution in [2.45, 2.75) is 24.7 Å². The predicted octanol–water partition coefficient (Wildman–Crippen LogP) is 2.93. The van der Waals surface area contributed by atoms with Crippen LogP contribution in [0.15, 0.2) is 23.1 Å². The molecule has 0 aromatic heterocycles. The van der Waals surface area contributed by atoms with Crippen LogP contribution in [0.25, 0.3) is 0 Å². The lowest BCUT2D eigenvalue weighted by atomic mass is 9.98. The molecule has 0 aliphatic carbocycles. The molecular weight excluding hydrogens is 242 g/mol. The Labute approximate surface area is 113 Å². The van der Waals surface area contributed by atoms with Crippen LogP contribution in [-0.4, -0.2) is 25.2 Å². The summed E-state index contributed by atoms with van der Waals surface area (Å²) >= 11 is 1.65. The first-order chi connectivity index (χ1) is 8.63. The molecule has 0 radical (unpaired) electrons. The molecule has 0 amide bonds. The number of piperidine rings is 1. The number of rotatable bonds is 3. The molecule has 0 saturated carbocycles. The molecule has 1 aromatic rings. The first kappa shape index (κ1) is 13.3. The third-order valence-electron chi connectivity index (χ3n) is 3.62. The van der Waals surface area contributed by atoms with Crippen LogP contribution in [0.3, 0.4) is 0 Å². The molecule has 2 rings (SSSR count). The van der Waals surface area contributed by atoms with E-state index in [4.69, 9.17) is 11.1 Å². The number of thioether (sulfide) groups is 1. The Kier molecular flexibility index (Phi) is 4.17. The molecule has 1 fully saturated rings. The Morgan fingerprint density at radius 1 is 1.39 bits per heavy atom. The monoisotopic (exact) mass is 263 g/mol. The Morgan fingerprint density at radius 2 is 2.06 bits per heavy atom. The summed E-state index contributed by atoms with van der Waals surface area (Å²) in [6.45, 7) is 4.44. The average molecular weight is 263 g/mol. The van der Waals surface area contributed by atoms with Gasteiger partial charge in [0.25, 0.3) is 0 Å². The van der Waals surface area contributed by atoms with Crippen LogP contribution in [-0.2, 0) is 0 Å². The minimum absolute atomic E-state index is 0.175. The molecule has 18 heavy (non-hydrogen) atoms. The molecule has 0 spiro atoms.